The van der Waals surface area contributed by atoms with Gasteiger partial charge in [0.2, 0.25) is 0 Å². The summed E-state index contributed by atoms with van der Waals surface area (Å²) in [5.74, 6) is -0.0668. The lowest BCUT2D eigenvalue weighted by Crippen LogP contribution is -2.44. The average Bonchev–Trinajstić information content (AvgIpc) is 3.22. The lowest BCUT2D eigenvalue weighted by atomic mass is 10.1. The van der Waals surface area contributed by atoms with Crippen molar-refractivity contribution in [3.05, 3.63) is 12.7 Å². The smallest absolute Gasteiger partial charge is 0.425 e. The van der Waals surface area contributed by atoms with E-state index in [0.29, 0.717) is 18.5 Å². The standard InChI is InChI=1S/C21H31N5O6/c1-8-13-12(27)9-14(30-13)25-11-24-15-16(25)22-10-23-17(15)26(18(28)31-20(2,3)4)19(29)32-21(5,6)7/h10-14,27H,8-9H2,1-7H3/t12?,13-,14-/m1/s1. The molecule has 1 fully saturated rings. The topological polar surface area (TPSA) is 129 Å². The molecular weight excluding hydrogens is 418 g/mol. The second-order valence-electron chi connectivity index (χ2n) is 9.66. The van der Waals surface area contributed by atoms with Gasteiger partial charge in [0.05, 0.1) is 18.5 Å². The van der Waals surface area contributed by atoms with Gasteiger partial charge in [0.1, 0.15) is 23.8 Å². The number of ether oxygens (including phenoxy) is 3. The van der Waals surface area contributed by atoms with Gasteiger partial charge in [-0.25, -0.2) is 24.5 Å². The third-order valence-electron chi connectivity index (χ3n) is 4.62. The van der Waals surface area contributed by atoms with E-state index in [1.54, 1.807) is 46.1 Å². The molecule has 1 aliphatic rings. The average molecular weight is 450 g/mol. The Morgan fingerprint density at radius 2 is 1.72 bits per heavy atom. The van der Waals surface area contributed by atoms with Crippen LogP contribution in [0.25, 0.3) is 11.2 Å². The first-order valence-corrected chi connectivity index (χ1v) is 10.6. The first-order valence-electron chi connectivity index (χ1n) is 10.6. The summed E-state index contributed by atoms with van der Waals surface area (Å²) < 4.78 is 18.4. The van der Waals surface area contributed by atoms with Crippen LogP contribution >= 0.6 is 0 Å². The number of amides is 2. The largest absolute Gasteiger partial charge is 0.443 e. The van der Waals surface area contributed by atoms with Crippen LogP contribution in [0, 0.1) is 0 Å². The van der Waals surface area contributed by atoms with Gasteiger partial charge in [0.25, 0.3) is 0 Å². The van der Waals surface area contributed by atoms with Gasteiger partial charge in [-0.1, -0.05) is 6.92 Å². The molecule has 3 heterocycles. The van der Waals surface area contributed by atoms with Crippen molar-refractivity contribution in [1.29, 1.82) is 0 Å². The van der Waals surface area contributed by atoms with Crippen molar-refractivity contribution in [3.63, 3.8) is 0 Å². The molecule has 0 saturated carbocycles. The van der Waals surface area contributed by atoms with Gasteiger partial charge in [-0.15, -0.1) is 0 Å². The SMILES string of the molecule is CC[C@H]1O[C@@H](n2cnc3c(N(C(=O)OC(C)(C)C)C(=O)OC(C)(C)C)ncnc32)CC1O. The zero-order chi connectivity index (χ0) is 23.8. The molecule has 3 atom stereocenters. The van der Waals surface area contributed by atoms with Crippen LogP contribution in [0.2, 0.25) is 0 Å². The van der Waals surface area contributed by atoms with Crippen LogP contribution in [0.3, 0.4) is 0 Å². The maximum absolute atomic E-state index is 13.0. The van der Waals surface area contributed by atoms with Crippen molar-refractivity contribution < 1.29 is 28.9 Å². The van der Waals surface area contributed by atoms with Crippen LogP contribution < -0.4 is 4.90 Å². The Balaban J connectivity index is 2.04. The molecule has 1 aliphatic heterocycles. The van der Waals surface area contributed by atoms with Crippen molar-refractivity contribution >= 4 is 29.2 Å². The van der Waals surface area contributed by atoms with Gasteiger partial charge in [-0.05, 0) is 48.0 Å². The van der Waals surface area contributed by atoms with E-state index in [4.69, 9.17) is 14.2 Å². The Morgan fingerprint density at radius 3 is 2.22 bits per heavy atom. The first-order chi connectivity index (χ1) is 14.8. The van der Waals surface area contributed by atoms with Gasteiger partial charge in [0, 0.05) is 6.42 Å². The number of fused-ring (bicyclic) bond motifs is 1. The molecule has 11 heteroatoms. The molecule has 2 aromatic rings. The highest BCUT2D eigenvalue weighted by molar-refractivity contribution is 6.12. The first kappa shape index (κ1) is 23.9. The van der Waals surface area contributed by atoms with Crippen LogP contribution in [-0.2, 0) is 14.2 Å². The fourth-order valence-electron chi connectivity index (χ4n) is 3.33. The number of aromatic nitrogens is 4. The molecule has 1 saturated heterocycles. The van der Waals surface area contributed by atoms with E-state index in [-0.39, 0.29) is 17.4 Å². The quantitative estimate of drug-likeness (QED) is 0.747. The number of hydrogen-bond donors (Lipinski definition) is 1. The number of hydrogen-bond acceptors (Lipinski definition) is 9. The number of rotatable bonds is 3. The highest BCUT2D eigenvalue weighted by Crippen LogP contribution is 2.34. The van der Waals surface area contributed by atoms with Gasteiger partial charge >= 0.3 is 12.2 Å². The van der Waals surface area contributed by atoms with Gasteiger partial charge in [0.15, 0.2) is 17.0 Å². The zero-order valence-electron chi connectivity index (χ0n) is 19.5. The molecule has 176 valence electrons. The van der Waals surface area contributed by atoms with Crippen LogP contribution in [0.4, 0.5) is 15.4 Å². The summed E-state index contributed by atoms with van der Waals surface area (Å²) in [5.41, 5.74) is -1.17. The summed E-state index contributed by atoms with van der Waals surface area (Å²) in [5, 5.41) is 10.2. The molecule has 1 N–H and O–H groups in total. The second kappa shape index (κ2) is 8.62. The van der Waals surface area contributed by atoms with E-state index in [1.165, 1.54) is 12.7 Å². The molecule has 11 nitrogen and oxygen atoms in total. The molecule has 2 aromatic heterocycles. The van der Waals surface area contributed by atoms with Crippen molar-refractivity contribution in [1.82, 2.24) is 19.5 Å². The minimum Gasteiger partial charge on any atom is -0.443 e. The van der Waals surface area contributed by atoms with E-state index in [2.05, 4.69) is 15.0 Å². The number of nitrogens with zero attached hydrogens (tertiary/aromatic N) is 5. The number of aliphatic hydroxyl groups is 1. The minimum atomic E-state index is -0.945. The number of aliphatic hydroxyl groups excluding tert-OH is 1. The molecular formula is C21H31N5O6. The normalized spacial score (nSPS) is 21.6. The van der Waals surface area contributed by atoms with E-state index in [9.17, 15) is 14.7 Å². The Kier molecular flexibility index (Phi) is 6.43. The fourth-order valence-corrected chi connectivity index (χ4v) is 3.33. The van der Waals surface area contributed by atoms with Crippen LogP contribution in [0.1, 0.15) is 67.5 Å². The molecule has 32 heavy (non-hydrogen) atoms. The fraction of sp³-hybridized carbons (Fsp3) is 0.667. The Hall–Kier alpha value is -2.79. The number of carbonyl (C=O) groups excluding carboxylic acids is 2. The van der Waals surface area contributed by atoms with Crippen molar-refractivity contribution in [2.75, 3.05) is 4.90 Å². The number of carbonyl (C=O) groups is 2. The van der Waals surface area contributed by atoms with E-state index >= 15 is 0 Å². The third-order valence-corrected chi connectivity index (χ3v) is 4.62. The Morgan fingerprint density at radius 1 is 1.12 bits per heavy atom. The predicted molar refractivity (Wildman–Crippen MR) is 115 cm³/mol. The van der Waals surface area contributed by atoms with Crippen molar-refractivity contribution in [2.24, 2.45) is 0 Å². The van der Waals surface area contributed by atoms with E-state index < -0.39 is 35.7 Å². The minimum absolute atomic E-state index is 0.0668. The lowest BCUT2D eigenvalue weighted by Gasteiger charge is -2.28. The summed E-state index contributed by atoms with van der Waals surface area (Å²) >= 11 is 0. The molecule has 0 spiro atoms. The maximum Gasteiger partial charge on any atom is 0.425 e. The molecule has 1 unspecified atom stereocenters. The van der Waals surface area contributed by atoms with Crippen molar-refractivity contribution in [2.45, 2.75) is 90.9 Å². The number of imide groups is 1. The van der Waals surface area contributed by atoms with Gasteiger partial charge in [-0.2, -0.15) is 4.90 Å². The van der Waals surface area contributed by atoms with Crippen molar-refractivity contribution in [3.8, 4) is 0 Å². The molecule has 0 radical (unpaired) electrons. The van der Waals surface area contributed by atoms with Gasteiger partial charge in [-0.3, -0.25) is 4.57 Å². The van der Waals surface area contributed by atoms with Crippen LogP contribution in [0.15, 0.2) is 12.7 Å². The summed E-state index contributed by atoms with van der Waals surface area (Å²) in [6.07, 6.45) is 0.461. The Bertz CT molecular complexity index is 965. The summed E-state index contributed by atoms with van der Waals surface area (Å²) in [7, 11) is 0. The summed E-state index contributed by atoms with van der Waals surface area (Å²) in [4.78, 5) is 39.4. The molecule has 3 rings (SSSR count). The molecule has 0 bridgehead atoms. The third kappa shape index (κ3) is 5.16. The van der Waals surface area contributed by atoms with Crippen LogP contribution in [0.5, 0.6) is 0 Å². The maximum atomic E-state index is 13.0. The monoisotopic (exact) mass is 449 g/mol. The highest BCUT2D eigenvalue weighted by Gasteiger charge is 2.38. The zero-order valence-corrected chi connectivity index (χ0v) is 19.5. The Labute approximate surface area is 186 Å². The number of anilines is 1. The van der Waals surface area contributed by atoms with E-state index in [1.807, 2.05) is 6.92 Å². The molecule has 2 amide bonds. The van der Waals surface area contributed by atoms with E-state index in [0.717, 1.165) is 4.90 Å². The second-order valence-corrected chi connectivity index (χ2v) is 9.66. The molecule has 0 aliphatic carbocycles. The lowest BCUT2D eigenvalue weighted by molar-refractivity contribution is -0.0183. The molecule has 0 aromatic carbocycles. The highest BCUT2D eigenvalue weighted by atomic mass is 16.6. The predicted octanol–water partition coefficient (Wildman–Crippen LogP) is 3.56. The van der Waals surface area contributed by atoms with Gasteiger partial charge < -0.3 is 19.3 Å². The summed E-state index contributed by atoms with van der Waals surface area (Å²) in [6.45, 7) is 12.1. The summed E-state index contributed by atoms with van der Waals surface area (Å²) in [6, 6.07) is 0. The van der Waals surface area contributed by atoms with Crippen LogP contribution in [-0.4, -0.2) is 60.2 Å². The number of imidazole rings is 1.